The van der Waals surface area contributed by atoms with Crippen molar-refractivity contribution in [1.82, 2.24) is 24.1 Å². The Kier molecular flexibility index (Phi) is 4.30. The third-order valence-electron chi connectivity index (χ3n) is 4.72. The summed E-state index contributed by atoms with van der Waals surface area (Å²) in [6.45, 7) is 3.96. The predicted octanol–water partition coefficient (Wildman–Crippen LogP) is 2.30. The Balaban J connectivity index is 1.76. The van der Waals surface area contributed by atoms with Crippen LogP contribution in [0, 0.1) is 13.8 Å². The van der Waals surface area contributed by atoms with E-state index < -0.39 is 15.9 Å². The molecule has 1 amide bonds. The number of pyridine rings is 1. The third-order valence-corrected chi connectivity index (χ3v) is 5.28. The second-order valence-electron chi connectivity index (χ2n) is 6.88. The van der Waals surface area contributed by atoms with E-state index in [0.29, 0.717) is 5.76 Å². The Hall–Kier alpha value is -3.40. The quantitative estimate of drug-likeness (QED) is 0.549. The molecule has 4 aromatic heterocycles. The molecule has 10 heteroatoms. The molecule has 29 heavy (non-hydrogen) atoms. The van der Waals surface area contributed by atoms with Gasteiger partial charge in [0.2, 0.25) is 10.0 Å². The molecule has 0 aromatic carbocycles. The van der Waals surface area contributed by atoms with Gasteiger partial charge in [-0.15, -0.1) is 0 Å². The average molecular weight is 413 g/mol. The number of hydrogen-bond acceptors (Lipinski definition) is 6. The molecule has 0 spiro atoms. The average Bonchev–Trinajstić information content (AvgIpc) is 3.32. The summed E-state index contributed by atoms with van der Waals surface area (Å²) in [5.74, 6) is -0.298. The van der Waals surface area contributed by atoms with Crippen molar-refractivity contribution in [1.29, 1.82) is 0 Å². The SMILES string of the molecule is Cc1nn(C)c(C)c1-c1cnn2ccc(-c3cc(C(=O)NS(C)(=O)=O)co3)cc12. The zero-order valence-corrected chi connectivity index (χ0v) is 17.1. The van der Waals surface area contributed by atoms with Crippen LogP contribution in [0.4, 0.5) is 0 Å². The molecular weight excluding hydrogens is 394 g/mol. The number of nitrogens with one attached hydrogen (secondary N) is 1. The monoisotopic (exact) mass is 413 g/mol. The van der Waals surface area contributed by atoms with Gasteiger partial charge in [0.05, 0.1) is 29.2 Å². The van der Waals surface area contributed by atoms with Crippen molar-refractivity contribution in [2.24, 2.45) is 7.05 Å². The molecule has 0 bridgehead atoms. The van der Waals surface area contributed by atoms with Gasteiger partial charge < -0.3 is 4.42 Å². The summed E-state index contributed by atoms with van der Waals surface area (Å²) in [6.07, 6.45) is 5.74. The van der Waals surface area contributed by atoms with Crippen molar-refractivity contribution in [2.75, 3.05) is 6.26 Å². The van der Waals surface area contributed by atoms with Crippen LogP contribution in [-0.2, 0) is 17.1 Å². The lowest BCUT2D eigenvalue weighted by molar-refractivity contribution is 0.0981. The van der Waals surface area contributed by atoms with Gasteiger partial charge in [0.15, 0.2) is 0 Å². The smallest absolute Gasteiger partial charge is 0.267 e. The van der Waals surface area contributed by atoms with E-state index in [1.165, 1.54) is 12.3 Å². The van der Waals surface area contributed by atoms with Gasteiger partial charge in [0.25, 0.3) is 5.91 Å². The number of carbonyl (C=O) groups excluding carboxylic acids is 1. The first-order chi connectivity index (χ1) is 13.6. The van der Waals surface area contributed by atoms with Crippen LogP contribution in [0.2, 0.25) is 0 Å². The maximum Gasteiger partial charge on any atom is 0.267 e. The zero-order valence-electron chi connectivity index (χ0n) is 16.3. The van der Waals surface area contributed by atoms with Crippen LogP contribution in [-0.4, -0.2) is 40.0 Å². The highest BCUT2D eigenvalue weighted by Gasteiger charge is 2.18. The van der Waals surface area contributed by atoms with Gasteiger partial charge in [-0.05, 0) is 32.0 Å². The Morgan fingerprint density at radius 2 is 2.00 bits per heavy atom. The number of carbonyl (C=O) groups is 1. The lowest BCUT2D eigenvalue weighted by Crippen LogP contribution is -2.28. The Morgan fingerprint density at radius 3 is 2.66 bits per heavy atom. The van der Waals surface area contributed by atoms with Crippen LogP contribution >= 0.6 is 0 Å². The lowest BCUT2D eigenvalue weighted by Gasteiger charge is -2.03. The molecule has 9 nitrogen and oxygen atoms in total. The highest BCUT2D eigenvalue weighted by molar-refractivity contribution is 7.89. The van der Waals surface area contributed by atoms with Gasteiger partial charge in [-0.3, -0.25) is 9.48 Å². The number of nitrogens with zero attached hydrogens (tertiary/aromatic N) is 4. The molecule has 0 fully saturated rings. The number of rotatable bonds is 4. The van der Waals surface area contributed by atoms with E-state index >= 15 is 0 Å². The zero-order chi connectivity index (χ0) is 20.9. The molecule has 0 atom stereocenters. The Bertz CT molecular complexity index is 1360. The highest BCUT2D eigenvalue weighted by Crippen LogP contribution is 2.32. The molecule has 150 valence electrons. The molecule has 0 unspecified atom stereocenters. The van der Waals surface area contributed by atoms with Crippen LogP contribution in [0.3, 0.4) is 0 Å². The normalized spacial score (nSPS) is 11.9. The van der Waals surface area contributed by atoms with Gasteiger partial charge in [0.1, 0.15) is 12.0 Å². The molecule has 0 radical (unpaired) electrons. The summed E-state index contributed by atoms with van der Waals surface area (Å²) >= 11 is 0. The highest BCUT2D eigenvalue weighted by atomic mass is 32.2. The van der Waals surface area contributed by atoms with E-state index in [4.69, 9.17) is 4.42 Å². The first-order valence-corrected chi connectivity index (χ1v) is 10.6. The molecule has 0 aliphatic heterocycles. The molecule has 4 rings (SSSR count). The fourth-order valence-electron chi connectivity index (χ4n) is 3.32. The van der Waals surface area contributed by atoms with Crippen LogP contribution in [0.25, 0.3) is 28.0 Å². The minimum atomic E-state index is -3.65. The van der Waals surface area contributed by atoms with Crippen molar-refractivity contribution in [2.45, 2.75) is 13.8 Å². The fourth-order valence-corrected chi connectivity index (χ4v) is 3.78. The van der Waals surface area contributed by atoms with E-state index in [-0.39, 0.29) is 5.56 Å². The Labute approximate surface area is 167 Å². The summed E-state index contributed by atoms with van der Waals surface area (Å²) < 4.78 is 33.5. The van der Waals surface area contributed by atoms with Crippen molar-refractivity contribution < 1.29 is 17.6 Å². The topological polar surface area (TPSA) is 111 Å². The van der Waals surface area contributed by atoms with Gasteiger partial charge in [-0.25, -0.2) is 17.7 Å². The summed E-state index contributed by atoms with van der Waals surface area (Å²) in [4.78, 5) is 12.0. The van der Waals surface area contributed by atoms with Gasteiger partial charge in [0, 0.05) is 35.6 Å². The van der Waals surface area contributed by atoms with E-state index in [0.717, 1.165) is 39.9 Å². The standard InChI is InChI=1S/C19H19N5O4S/c1-11-18(12(2)23(3)21-11)15-9-20-24-6-5-13(7-16(15)24)17-8-14(10-28-17)19(25)22-29(4,26)27/h5-10H,1-4H3,(H,22,25). The van der Waals surface area contributed by atoms with Crippen LogP contribution in [0.1, 0.15) is 21.7 Å². The number of aryl methyl sites for hydroxylation is 2. The molecule has 1 N–H and O–H groups in total. The number of aromatic nitrogens is 4. The Morgan fingerprint density at radius 1 is 1.24 bits per heavy atom. The van der Waals surface area contributed by atoms with E-state index in [2.05, 4.69) is 10.2 Å². The maximum absolute atomic E-state index is 12.0. The molecule has 4 aromatic rings. The number of amides is 1. The van der Waals surface area contributed by atoms with Gasteiger partial charge in [-0.2, -0.15) is 10.2 Å². The first kappa shape index (κ1) is 18.9. The predicted molar refractivity (Wildman–Crippen MR) is 107 cm³/mol. The van der Waals surface area contributed by atoms with Gasteiger partial charge in [-0.1, -0.05) is 0 Å². The largest absolute Gasteiger partial charge is 0.464 e. The second-order valence-corrected chi connectivity index (χ2v) is 8.62. The summed E-state index contributed by atoms with van der Waals surface area (Å²) in [5.41, 5.74) is 5.61. The molecule has 0 aliphatic carbocycles. The maximum atomic E-state index is 12.0. The number of fused-ring (bicyclic) bond motifs is 1. The number of sulfonamides is 1. The third kappa shape index (κ3) is 3.42. The first-order valence-electron chi connectivity index (χ1n) is 8.73. The molecule has 4 heterocycles. The van der Waals surface area contributed by atoms with Crippen molar-refractivity contribution in [3.05, 3.63) is 53.8 Å². The molecular formula is C19H19N5O4S. The van der Waals surface area contributed by atoms with E-state index in [9.17, 15) is 13.2 Å². The minimum absolute atomic E-state index is 0.123. The minimum Gasteiger partial charge on any atom is -0.464 e. The van der Waals surface area contributed by atoms with E-state index in [1.54, 1.807) is 16.9 Å². The summed E-state index contributed by atoms with van der Waals surface area (Å²) in [6, 6.07) is 5.22. The summed E-state index contributed by atoms with van der Waals surface area (Å²) in [5, 5.41) is 8.89. The van der Waals surface area contributed by atoms with Crippen molar-refractivity contribution >= 4 is 21.4 Å². The second kappa shape index (κ2) is 6.59. The molecule has 0 saturated heterocycles. The fraction of sp³-hybridized carbons (Fsp3) is 0.211. The molecule has 0 saturated carbocycles. The number of hydrogen-bond donors (Lipinski definition) is 1. The summed E-state index contributed by atoms with van der Waals surface area (Å²) in [7, 11) is -1.75. The van der Waals surface area contributed by atoms with Crippen LogP contribution < -0.4 is 4.72 Å². The van der Waals surface area contributed by atoms with Crippen LogP contribution in [0.15, 0.2) is 41.3 Å². The lowest BCUT2D eigenvalue weighted by atomic mass is 10.0. The van der Waals surface area contributed by atoms with Crippen LogP contribution in [0.5, 0.6) is 0 Å². The van der Waals surface area contributed by atoms with E-state index in [1.807, 2.05) is 42.4 Å². The molecule has 0 aliphatic rings. The number of furan rings is 1. The van der Waals surface area contributed by atoms with Crippen molar-refractivity contribution in [3.8, 4) is 22.5 Å². The van der Waals surface area contributed by atoms with Crippen molar-refractivity contribution in [3.63, 3.8) is 0 Å². The van der Waals surface area contributed by atoms with Gasteiger partial charge >= 0.3 is 0 Å².